The average Bonchev–Trinajstić information content (AvgIpc) is 2.49. The first kappa shape index (κ1) is 19.2. The molecule has 3 unspecified atom stereocenters. The molecule has 5 nitrogen and oxygen atoms in total. The van der Waals surface area contributed by atoms with Crippen molar-refractivity contribution in [2.75, 3.05) is 13.7 Å². The maximum absolute atomic E-state index is 12.2. The number of carbonyl (C=O) groups is 2. The summed E-state index contributed by atoms with van der Waals surface area (Å²) in [6, 6.07) is 0. The minimum atomic E-state index is -0.730. The van der Waals surface area contributed by atoms with Crippen molar-refractivity contribution in [1.82, 2.24) is 5.32 Å². The molecule has 3 atom stereocenters. The molecule has 0 radical (unpaired) electrons. The van der Waals surface area contributed by atoms with Gasteiger partial charge < -0.3 is 15.2 Å². The van der Waals surface area contributed by atoms with Gasteiger partial charge in [-0.25, -0.2) is 0 Å². The second-order valence-electron chi connectivity index (χ2n) is 5.99. The van der Waals surface area contributed by atoms with Crippen LogP contribution in [-0.2, 0) is 14.3 Å². The van der Waals surface area contributed by atoms with E-state index in [2.05, 4.69) is 5.32 Å². The number of carboxylic acid groups (broad SMARTS) is 1. The lowest BCUT2D eigenvalue weighted by atomic mass is 9.85. The molecule has 0 saturated heterocycles. The number of carboxylic acids is 1. The summed E-state index contributed by atoms with van der Waals surface area (Å²) in [6.07, 6.45) is 7.19. The summed E-state index contributed by atoms with van der Waals surface area (Å²) in [7, 11) is 1.64. The summed E-state index contributed by atoms with van der Waals surface area (Å²) in [5, 5.41) is 11.6. The molecule has 0 aromatic heterocycles. The Morgan fingerprint density at radius 1 is 1.18 bits per heavy atom. The predicted octanol–water partition coefficient (Wildman–Crippen LogP) is 2.95. The molecule has 6 heteroatoms. The quantitative estimate of drug-likeness (QED) is 0.476. The molecular formula is C16H28ClNO4. The average molecular weight is 334 g/mol. The van der Waals surface area contributed by atoms with Crippen molar-refractivity contribution in [3.8, 4) is 0 Å². The Balaban J connectivity index is 2.09. The van der Waals surface area contributed by atoms with E-state index in [1.807, 2.05) is 0 Å². The van der Waals surface area contributed by atoms with Gasteiger partial charge in [0.15, 0.2) is 0 Å². The van der Waals surface area contributed by atoms with Crippen LogP contribution in [0.4, 0.5) is 0 Å². The third kappa shape index (κ3) is 7.45. The first-order valence-corrected chi connectivity index (χ1v) is 8.64. The van der Waals surface area contributed by atoms with E-state index in [0.29, 0.717) is 6.54 Å². The standard InChI is InChI=1S/C16H28ClNO4/c1-22-14-11-12(17)8-9-13(14)16(21)18-10-6-4-2-3-5-7-15(19)20/h12-14H,2-11H2,1H3,(H,18,21)(H,19,20). The highest BCUT2D eigenvalue weighted by Crippen LogP contribution is 2.30. The number of carbonyl (C=O) groups excluding carboxylic acids is 1. The van der Waals surface area contributed by atoms with Crippen molar-refractivity contribution in [2.45, 2.75) is 69.3 Å². The molecule has 0 aliphatic heterocycles. The van der Waals surface area contributed by atoms with E-state index in [9.17, 15) is 9.59 Å². The zero-order valence-electron chi connectivity index (χ0n) is 13.4. The van der Waals surface area contributed by atoms with Crippen LogP contribution in [0.2, 0.25) is 0 Å². The van der Waals surface area contributed by atoms with E-state index in [0.717, 1.165) is 51.4 Å². The molecule has 22 heavy (non-hydrogen) atoms. The van der Waals surface area contributed by atoms with Crippen LogP contribution in [-0.4, -0.2) is 42.1 Å². The largest absolute Gasteiger partial charge is 0.481 e. The first-order valence-electron chi connectivity index (χ1n) is 8.21. The Morgan fingerprint density at radius 2 is 1.86 bits per heavy atom. The number of alkyl halides is 1. The van der Waals surface area contributed by atoms with Gasteiger partial charge in [0.05, 0.1) is 12.0 Å². The molecule has 0 aromatic rings. The third-order valence-electron chi connectivity index (χ3n) is 4.23. The van der Waals surface area contributed by atoms with Crippen molar-refractivity contribution in [3.05, 3.63) is 0 Å². The maximum atomic E-state index is 12.2. The molecule has 0 spiro atoms. The minimum absolute atomic E-state index is 0.0706. The summed E-state index contributed by atoms with van der Waals surface area (Å²) in [5.41, 5.74) is 0. The van der Waals surface area contributed by atoms with E-state index in [1.165, 1.54) is 0 Å². The topological polar surface area (TPSA) is 75.6 Å². The molecule has 0 bridgehead atoms. The highest BCUT2D eigenvalue weighted by atomic mass is 35.5. The number of hydrogen-bond acceptors (Lipinski definition) is 3. The van der Waals surface area contributed by atoms with Gasteiger partial charge in [0.2, 0.25) is 5.91 Å². The molecule has 1 amide bonds. The Labute approximate surface area is 137 Å². The first-order chi connectivity index (χ1) is 10.5. The molecule has 0 heterocycles. The molecule has 128 valence electrons. The zero-order chi connectivity index (χ0) is 16.4. The summed E-state index contributed by atoms with van der Waals surface area (Å²) < 4.78 is 5.39. The summed E-state index contributed by atoms with van der Waals surface area (Å²) in [6.45, 7) is 0.676. The van der Waals surface area contributed by atoms with Crippen LogP contribution in [0.5, 0.6) is 0 Å². The fourth-order valence-corrected chi connectivity index (χ4v) is 3.22. The second kappa shape index (κ2) is 10.8. The molecule has 1 rings (SSSR count). The maximum Gasteiger partial charge on any atom is 0.303 e. The minimum Gasteiger partial charge on any atom is -0.481 e. The number of unbranched alkanes of at least 4 members (excludes halogenated alkanes) is 4. The van der Waals surface area contributed by atoms with Gasteiger partial charge in [0.25, 0.3) is 0 Å². The number of methoxy groups -OCH3 is 1. The second-order valence-corrected chi connectivity index (χ2v) is 6.61. The Hall–Kier alpha value is -0.810. The van der Waals surface area contributed by atoms with E-state index in [1.54, 1.807) is 7.11 Å². The Kier molecular flexibility index (Phi) is 9.48. The van der Waals surface area contributed by atoms with Crippen molar-refractivity contribution >= 4 is 23.5 Å². The molecule has 1 aliphatic rings. The molecular weight excluding hydrogens is 306 g/mol. The third-order valence-corrected chi connectivity index (χ3v) is 4.63. The van der Waals surface area contributed by atoms with Gasteiger partial charge in [0.1, 0.15) is 0 Å². The van der Waals surface area contributed by atoms with Crippen LogP contribution < -0.4 is 5.32 Å². The van der Waals surface area contributed by atoms with Crippen LogP contribution in [0.1, 0.15) is 57.8 Å². The Morgan fingerprint density at radius 3 is 2.55 bits per heavy atom. The van der Waals surface area contributed by atoms with Crippen LogP contribution in [0, 0.1) is 5.92 Å². The van der Waals surface area contributed by atoms with Crippen LogP contribution >= 0.6 is 11.6 Å². The fourth-order valence-electron chi connectivity index (χ4n) is 2.92. The van der Waals surface area contributed by atoms with Gasteiger partial charge in [-0.15, -0.1) is 11.6 Å². The van der Waals surface area contributed by atoms with Crippen molar-refractivity contribution < 1.29 is 19.4 Å². The van der Waals surface area contributed by atoms with E-state index in [-0.39, 0.29) is 29.7 Å². The van der Waals surface area contributed by atoms with Crippen molar-refractivity contribution in [3.63, 3.8) is 0 Å². The number of rotatable bonds is 10. The van der Waals surface area contributed by atoms with Gasteiger partial charge in [0, 0.05) is 25.5 Å². The zero-order valence-corrected chi connectivity index (χ0v) is 14.1. The SMILES string of the molecule is COC1CC(Cl)CCC1C(=O)NCCCCCCCC(=O)O. The molecule has 1 saturated carbocycles. The number of ether oxygens (including phenoxy) is 1. The number of hydrogen-bond donors (Lipinski definition) is 2. The van der Waals surface area contributed by atoms with Crippen molar-refractivity contribution in [2.24, 2.45) is 5.92 Å². The van der Waals surface area contributed by atoms with E-state index in [4.69, 9.17) is 21.4 Å². The predicted molar refractivity (Wildman–Crippen MR) is 86.1 cm³/mol. The van der Waals surface area contributed by atoms with E-state index < -0.39 is 5.97 Å². The number of amides is 1. The monoisotopic (exact) mass is 333 g/mol. The molecule has 1 fully saturated rings. The van der Waals surface area contributed by atoms with Crippen molar-refractivity contribution in [1.29, 1.82) is 0 Å². The normalized spacial score (nSPS) is 24.9. The lowest BCUT2D eigenvalue weighted by Gasteiger charge is -2.31. The summed E-state index contributed by atoms with van der Waals surface area (Å²) in [5.74, 6) is -0.747. The number of nitrogens with one attached hydrogen (secondary N) is 1. The van der Waals surface area contributed by atoms with Crippen LogP contribution in [0.15, 0.2) is 0 Å². The Bertz CT molecular complexity index is 351. The highest BCUT2D eigenvalue weighted by Gasteiger charge is 2.34. The van der Waals surface area contributed by atoms with Gasteiger partial charge in [-0.1, -0.05) is 19.3 Å². The molecule has 1 aliphatic carbocycles. The fraction of sp³-hybridized carbons (Fsp3) is 0.875. The highest BCUT2D eigenvalue weighted by molar-refractivity contribution is 6.20. The van der Waals surface area contributed by atoms with E-state index >= 15 is 0 Å². The molecule has 2 N–H and O–H groups in total. The lowest BCUT2D eigenvalue weighted by Crippen LogP contribution is -2.42. The smallest absolute Gasteiger partial charge is 0.303 e. The van der Waals surface area contributed by atoms with Gasteiger partial charge >= 0.3 is 5.97 Å². The summed E-state index contributed by atoms with van der Waals surface area (Å²) in [4.78, 5) is 22.6. The van der Waals surface area contributed by atoms with Crippen LogP contribution in [0.25, 0.3) is 0 Å². The van der Waals surface area contributed by atoms with Gasteiger partial charge in [-0.05, 0) is 32.1 Å². The lowest BCUT2D eigenvalue weighted by molar-refractivity contribution is -0.137. The number of halogens is 1. The summed E-state index contributed by atoms with van der Waals surface area (Å²) >= 11 is 6.12. The number of aliphatic carboxylic acids is 1. The van der Waals surface area contributed by atoms with Gasteiger partial charge in [-0.2, -0.15) is 0 Å². The molecule has 0 aromatic carbocycles. The van der Waals surface area contributed by atoms with Gasteiger partial charge in [-0.3, -0.25) is 9.59 Å². The van der Waals surface area contributed by atoms with Crippen LogP contribution in [0.3, 0.4) is 0 Å².